The molecule has 102 valence electrons. The highest BCUT2D eigenvalue weighted by Crippen LogP contribution is 2.35. The molecule has 0 bridgehead atoms. The Bertz CT molecular complexity index is 621. The fourth-order valence-electron chi connectivity index (χ4n) is 2.05. The molecule has 0 aliphatic rings. The summed E-state index contributed by atoms with van der Waals surface area (Å²) in [5, 5.41) is 1.55. The summed E-state index contributed by atoms with van der Waals surface area (Å²) in [4.78, 5) is 14.7. The highest BCUT2D eigenvalue weighted by atomic mass is 35.5. The summed E-state index contributed by atoms with van der Waals surface area (Å²) in [5.41, 5.74) is 6.63. The number of nitrogens with two attached hydrogens (primary N) is 1. The lowest BCUT2D eigenvalue weighted by atomic mass is 10.2. The first-order valence-corrected chi connectivity index (χ1v) is 7.32. The Morgan fingerprint density at radius 3 is 2.79 bits per heavy atom. The van der Waals surface area contributed by atoms with Crippen molar-refractivity contribution in [2.24, 2.45) is 5.92 Å². The second-order valence-electron chi connectivity index (χ2n) is 5.06. The zero-order chi connectivity index (χ0) is 14.2. The van der Waals surface area contributed by atoms with Crippen LogP contribution < -0.4 is 5.73 Å². The van der Waals surface area contributed by atoms with Gasteiger partial charge in [0.05, 0.1) is 5.69 Å². The number of carbonyl (C=O) groups excluding carboxylic acids is 1. The number of hydrogen-bond acceptors (Lipinski definition) is 3. The van der Waals surface area contributed by atoms with Crippen LogP contribution in [-0.4, -0.2) is 24.4 Å². The van der Waals surface area contributed by atoms with Crippen molar-refractivity contribution in [2.45, 2.75) is 13.8 Å². The van der Waals surface area contributed by atoms with E-state index in [-0.39, 0.29) is 5.91 Å². The number of fused-ring (bicyclic) bond motifs is 1. The molecule has 1 aromatic carbocycles. The Balaban J connectivity index is 2.40. The van der Waals surface area contributed by atoms with Gasteiger partial charge in [0.15, 0.2) is 0 Å². The van der Waals surface area contributed by atoms with E-state index in [9.17, 15) is 4.79 Å². The first kappa shape index (κ1) is 14.2. The molecule has 0 spiro atoms. The second-order valence-corrected chi connectivity index (χ2v) is 6.55. The van der Waals surface area contributed by atoms with E-state index in [1.807, 2.05) is 12.1 Å². The van der Waals surface area contributed by atoms with Gasteiger partial charge in [-0.15, -0.1) is 11.3 Å². The van der Waals surface area contributed by atoms with Crippen molar-refractivity contribution < 1.29 is 4.79 Å². The van der Waals surface area contributed by atoms with E-state index < -0.39 is 0 Å². The maximum absolute atomic E-state index is 12.4. The lowest BCUT2D eigenvalue weighted by molar-refractivity contribution is 0.0785. The fraction of sp³-hybridized carbons (Fsp3) is 0.357. The summed E-state index contributed by atoms with van der Waals surface area (Å²) in [5.74, 6) is 0.405. The van der Waals surface area contributed by atoms with Gasteiger partial charge in [0.1, 0.15) is 4.88 Å². The lowest BCUT2D eigenvalue weighted by Crippen LogP contribution is -2.30. The molecule has 0 radical (unpaired) electrons. The smallest absolute Gasteiger partial charge is 0.265 e. The molecule has 19 heavy (non-hydrogen) atoms. The van der Waals surface area contributed by atoms with Gasteiger partial charge < -0.3 is 10.6 Å². The average Bonchev–Trinajstić information content (AvgIpc) is 2.64. The Hall–Kier alpha value is -1.26. The Morgan fingerprint density at radius 1 is 1.47 bits per heavy atom. The van der Waals surface area contributed by atoms with E-state index in [0.717, 1.165) is 10.1 Å². The number of benzene rings is 1. The molecule has 0 aliphatic heterocycles. The Morgan fingerprint density at radius 2 is 2.16 bits per heavy atom. The minimum absolute atomic E-state index is 0.0245. The van der Waals surface area contributed by atoms with Gasteiger partial charge in [0.25, 0.3) is 5.91 Å². The van der Waals surface area contributed by atoms with Gasteiger partial charge in [-0.2, -0.15) is 0 Å². The van der Waals surface area contributed by atoms with Gasteiger partial charge in [-0.3, -0.25) is 4.79 Å². The van der Waals surface area contributed by atoms with Crippen LogP contribution in [0.15, 0.2) is 18.2 Å². The molecule has 5 heteroatoms. The maximum atomic E-state index is 12.4. The molecular weight excluding hydrogens is 280 g/mol. The van der Waals surface area contributed by atoms with Gasteiger partial charge in [-0.25, -0.2) is 0 Å². The standard InChI is InChI=1S/C14H17ClN2OS/c1-8(2)7-17(3)14(18)13-12(16)10-5-4-9(15)6-11(10)19-13/h4-6,8H,7,16H2,1-3H3. The molecule has 0 saturated carbocycles. The third-order valence-electron chi connectivity index (χ3n) is 2.87. The van der Waals surface area contributed by atoms with Crippen LogP contribution in [0.1, 0.15) is 23.5 Å². The lowest BCUT2D eigenvalue weighted by Gasteiger charge is -2.18. The molecule has 2 aromatic rings. The molecule has 0 aliphatic carbocycles. The predicted molar refractivity (Wildman–Crippen MR) is 83.0 cm³/mol. The van der Waals surface area contributed by atoms with E-state index in [4.69, 9.17) is 17.3 Å². The molecule has 2 rings (SSSR count). The average molecular weight is 297 g/mol. The van der Waals surface area contributed by atoms with Crippen LogP contribution in [0.25, 0.3) is 10.1 Å². The van der Waals surface area contributed by atoms with Crippen LogP contribution >= 0.6 is 22.9 Å². The highest BCUT2D eigenvalue weighted by Gasteiger charge is 2.20. The van der Waals surface area contributed by atoms with Crippen LogP contribution in [0.3, 0.4) is 0 Å². The molecular formula is C14H17ClN2OS. The first-order chi connectivity index (χ1) is 8.90. The van der Waals surface area contributed by atoms with Crippen molar-refractivity contribution in [3.63, 3.8) is 0 Å². The number of thiophene rings is 1. The summed E-state index contributed by atoms with van der Waals surface area (Å²) < 4.78 is 0.950. The zero-order valence-electron chi connectivity index (χ0n) is 11.2. The normalized spacial score (nSPS) is 11.2. The van der Waals surface area contributed by atoms with Crippen molar-refractivity contribution in [1.82, 2.24) is 4.90 Å². The maximum Gasteiger partial charge on any atom is 0.265 e. The summed E-state index contributed by atoms with van der Waals surface area (Å²) >= 11 is 7.36. The van der Waals surface area contributed by atoms with Crippen molar-refractivity contribution in [3.8, 4) is 0 Å². The van der Waals surface area contributed by atoms with Crippen molar-refractivity contribution >= 4 is 44.6 Å². The van der Waals surface area contributed by atoms with Gasteiger partial charge in [0.2, 0.25) is 0 Å². The number of nitrogens with zero attached hydrogens (tertiary/aromatic N) is 1. The summed E-state index contributed by atoms with van der Waals surface area (Å²) in [6.45, 7) is 4.88. The van der Waals surface area contributed by atoms with Crippen molar-refractivity contribution in [3.05, 3.63) is 28.1 Å². The van der Waals surface area contributed by atoms with Crippen LogP contribution in [0.5, 0.6) is 0 Å². The van der Waals surface area contributed by atoms with E-state index in [1.165, 1.54) is 11.3 Å². The number of amides is 1. The second kappa shape index (κ2) is 5.39. The van der Waals surface area contributed by atoms with Crippen molar-refractivity contribution in [1.29, 1.82) is 0 Å². The third kappa shape index (κ3) is 2.85. The van der Waals surface area contributed by atoms with Crippen LogP contribution in [0, 0.1) is 5.92 Å². The largest absolute Gasteiger partial charge is 0.397 e. The molecule has 1 aromatic heterocycles. The summed E-state index contributed by atoms with van der Waals surface area (Å²) in [6, 6.07) is 5.50. The predicted octanol–water partition coefficient (Wildman–Crippen LogP) is 3.86. The quantitative estimate of drug-likeness (QED) is 0.934. The summed E-state index contributed by atoms with van der Waals surface area (Å²) in [7, 11) is 1.80. The number of anilines is 1. The molecule has 0 atom stereocenters. The molecule has 1 amide bonds. The van der Waals surface area contributed by atoms with Gasteiger partial charge in [-0.1, -0.05) is 25.4 Å². The highest BCUT2D eigenvalue weighted by molar-refractivity contribution is 7.21. The topological polar surface area (TPSA) is 46.3 Å². The zero-order valence-corrected chi connectivity index (χ0v) is 12.8. The molecule has 3 nitrogen and oxygen atoms in total. The van der Waals surface area contributed by atoms with E-state index in [0.29, 0.717) is 28.0 Å². The summed E-state index contributed by atoms with van der Waals surface area (Å²) in [6.07, 6.45) is 0. The van der Waals surface area contributed by atoms with Gasteiger partial charge >= 0.3 is 0 Å². The van der Waals surface area contributed by atoms with Crippen LogP contribution in [0.2, 0.25) is 5.02 Å². The van der Waals surface area contributed by atoms with Crippen molar-refractivity contribution in [2.75, 3.05) is 19.3 Å². The number of nitrogen functional groups attached to an aromatic ring is 1. The Labute approximate surface area is 122 Å². The van der Waals surface area contributed by atoms with Gasteiger partial charge in [0, 0.05) is 28.7 Å². The monoisotopic (exact) mass is 296 g/mol. The minimum Gasteiger partial charge on any atom is -0.397 e. The van der Waals surface area contributed by atoms with E-state index in [1.54, 1.807) is 18.0 Å². The molecule has 0 saturated heterocycles. The fourth-order valence-corrected chi connectivity index (χ4v) is 3.45. The number of carbonyl (C=O) groups is 1. The SMILES string of the molecule is CC(C)CN(C)C(=O)c1sc2cc(Cl)ccc2c1N. The number of halogens is 1. The van der Waals surface area contributed by atoms with Crippen LogP contribution in [0.4, 0.5) is 5.69 Å². The molecule has 0 unspecified atom stereocenters. The minimum atomic E-state index is -0.0245. The number of rotatable bonds is 3. The Kier molecular flexibility index (Phi) is 4.02. The molecule has 2 N–H and O–H groups in total. The van der Waals surface area contributed by atoms with E-state index >= 15 is 0 Å². The van der Waals surface area contributed by atoms with E-state index in [2.05, 4.69) is 13.8 Å². The van der Waals surface area contributed by atoms with Gasteiger partial charge in [-0.05, 0) is 24.1 Å². The molecule has 1 heterocycles. The first-order valence-electron chi connectivity index (χ1n) is 6.13. The molecule has 0 fully saturated rings. The number of hydrogen-bond donors (Lipinski definition) is 1. The van der Waals surface area contributed by atoms with Crippen LogP contribution in [-0.2, 0) is 0 Å². The third-order valence-corrected chi connectivity index (χ3v) is 4.26.